The van der Waals surface area contributed by atoms with Gasteiger partial charge in [0.05, 0.1) is 18.9 Å². The Labute approximate surface area is 175 Å². The summed E-state index contributed by atoms with van der Waals surface area (Å²) in [4.78, 5) is 21.5. The molecule has 4 aromatic rings. The fourth-order valence-corrected chi connectivity index (χ4v) is 3.80. The molecule has 1 aromatic carbocycles. The largest absolute Gasteiger partial charge is 0.373 e. The zero-order chi connectivity index (χ0) is 20.8. The van der Waals surface area contributed by atoms with E-state index < -0.39 is 0 Å². The minimum Gasteiger partial charge on any atom is -0.373 e. The standard InChI is InChI=1S/C19H18ClN7O3/c1-26-16-13(7-22-26)23-19(21)27(18(16)28)8-15-24-17(25-30-15)11-6-14(29-9-11)10-2-4-12(20)5-3-10/h2-5,7,11,14H,6,8-9H2,1H3,(H2,21,23)/t11-,14+/m0/s1. The van der Waals surface area contributed by atoms with Gasteiger partial charge in [-0.2, -0.15) is 10.1 Å². The van der Waals surface area contributed by atoms with Gasteiger partial charge in [-0.1, -0.05) is 28.9 Å². The van der Waals surface area contributed by atoms with Crippen LogP contribution in [0.15, 0.2) is 39.8 Å². The molecule has 0 radical (unpaired) electrons. The summed E-state index contributed by atoms with van der Waals surface area (Å²) >= 11 is 5.95. The molecule has 2 atom stereocenters. The van der Waals surface area contributed by atoms with Crippen molar-refractivity contribution in [1.82, 2.24) is 29.5 Å². The Kier molecular flexibility index (Phi) is 4.52. The van der Waals surface area contributed by atoms with Gasteiger partial charge in [0.2, 0.25) is 11.8 Å². The smallest absolute Gasteiger partial charge is 0.281 e. The molecule has 3 aromatic heterocycles. The minimum atomic E-state index is -0.316. The lowest BCUT2D eigenvalue weighted by Crippen LogP contribution is -2.26. The molecule has 0 bridgehead atoms. The predicted molar refractivity (Wildman–Crippen MR) is 108 cm³/mol. The van der Waals surface area contributed by atoms with Crippen LogP contribution in [0.3, 0.4) is 0 Å². The summed E-state index contributed by atoms with van der Waals surface area (Å²) in [5.41, 5.74) is 7.51. The molecule has 0 saturated carbocycles. The first-order valence-corrected chi connectivity index (χ1v) is 9.75. The summed E-state index contributed by atoms with van der Waals surface area (Å²) in [6, 6.07) is 7.59. The molecule has 0 unspecified atom stereocenters. The van der Waals surface area contributed by atoms with Crippen molar-refractivity contribution in [2.24, 2.45) is 7.05 Å². The van der Waals surface area contributed by atoms with Crippen LogP contribution in [0.5, 0.6) is 0 Å². The first-order valence-electron chi connectivity index (χ1n) is 9.37. The highest BCUT2D eigenvalue weighted by molar-refractivity contribution is 6.30. The summed E-state index contributed by atoms with van der Waals surface area (Å²) in [7, 11) is 1.67. The van der Waals surface area contributed by atoms with Crippen molar-refractivity contribution in [2.75, 3.05) is 12.3 Å². The van der Waals surface area contributed by atoms with E-state index >= 15 is 0 Å². The Morgan fingerprint density at radius 2 is 2.07 bits per heavy atom. The molecule has 1 saturated heterocycles. The van der Waals surface area contributed by atoms with Gasteiger partial charge in [0.15, 0.2) is 11.3 Å². The molecule has 1 aliphatic heterocycles. The number of fused-ring (bicyclic) bond motifs is 1. The molecule has 0 amide bonds. The summed E-state index contributed by atoms with van der Waals surface area (Å²) in [6.07, 6.45) is 2.17. The van der Waals surface area contributed by atoms with Crippen LogP contribution in [-0.2, 0) is 18.3 Å². The van der Waals surface area contributed by atoms with E-state index in [1.807, 2.05) is 24.3 Å². The van der Waals surface area contributed by atoms with Crippen LogP contribution >= 0.6 is 11.6 Å². The third kappa shape index (κ3) is 3.23. The fourth-order valence-electron chi connectivity index (χ4n) is 3.67. The number of nitrogens with zero attached hydrogens (tertiary/aromatic N) is 6. The number of hydrogen-bond acceptors (Lipinski definition) is 8. The lowest BCUT2D eigenvalue weighted by atomic mass is 10.0. The Hall–Kier alpha value is -3.24. The number of nitrogens with two attached hydrogens (primary N) is 1. The predicted octanol–water partition coefficient (Wildman–Crippen LogP) is 2.04. The van der Waals surface area contributed by atoms with Gasteiger partial charge >= 0.3 is 0 Å². The second-order valence-corrected chi connectivity index (χ2v) is 7.65. The number of ether oxygens (including phenoxy) is 1. The molecule has 1 aliphatic rings. The minimum absolute atomic E-state index is 0.00470. The van der Waals surface area contributed by atoms with E-state index in [0.717, 1.165) is 12.0 Å². The van der Waals surface area contributed by atoms with Gasteiger partial charge in [-0.05, 0) is 24.1 Å². The summed E-state index contributed by atoms with van der Waals surface area (Å²) in [5, 5.41) is 8.82. The maximum atomic E-state index is 12.8. The highest BCUT2D eigenvalue weighted by Crippen LogP contribution is 2.37. The average molecular weight is 428 g/mol. The van der Waals surface area contributed by atoms with E-state index in [2.05, 4.69) is 20.2 Å². The number of anilines is 1. The van der Waals surface area contributed by atoms with E-state index in [9.17, 15) is 4.79 Å². The highest BCUT2D eigenvalue weighted by atomic mass is 35.5. The van der Waals surface area contributed by atoms with Crippen LogP contribution in [0.1, 0.15) is 35.7 Å². The Morgan fingerprint density at radius 1 is 1.27 bits per heavy atom. The first kappa shape index (κ1) is 18.8. The van der Waals surface area contributed by atoms with E-state index in [1.165, 1.54) is 15.4 Å². The molecule has 11 heteroatoms. The second kappa shape index (κ2) is 7.22. The first-order chi connectivity index (χ1) is 14.5. The van der Waals surface area contributed by atoms with Crippen LogP contribution in [0.25, 0.3) is 11.0 Å². The van der Waals surface area contributed by atoms with Crippen molar-refractivity contribution in [2.45, 2.75) is 25.0 Å². The number of hydrogen-bond donors (Lipinski definition) is 1. The van der Waals surface area contributed by atoms with Gasteiger partial charge in [0.1, 0.15) is 12.1 Å². The fraction of sp³-hybridized carbons (Fsp3) is 0.316. The molecular formula is C19H18ClN7O3. The van der Waals surface area contributed by atoms with Gasteiger partial charge in [-0.3, -0.25) is 14.0 Å². The zero-order valence-electron chi connectivity index (χ0n) is 16.0. The Bertz CT molecular complexity index is 1280. The van der Waals surface area contributed by atoms with E-state index in [0.29, 0.717) is 28.5 Å². The van der Waals surface area contributed by atoms with Gasteiger partial charge in [-0.15, -0.1) is 0 Å². The van der Waals surface area contributed by atoms with Crippen LogP contribution < -0.4 is 11.3 Å². The highest BCUT2D eigenvalue weighted by Gasteiger charge is 2.31. The molecule has 0 aliphatic carbocycles. The number of aryl methyl sites for hydroxylation is 1. The quantitative estimate of drug-likeness (QED) is 0.524. The van der Waals surface area contributed by atoms with Crippen molar-refractivity contribution in [3.63, 3.8) is 0 Å². The Morgan fingerprint density at radius 3 is 2.87 bits per heavy atom. The van der Waals surface area contributed by atoms with Gasteiger partial charge in [-0.25, -0.2) is 4.98 Å². The summed E-state index contributed by atoms with van der Waals surface area (Å²) in [5.74, 6) is 0.877. The third-order valence-electron chi connectivity index (χ3n) is 5.26. The maximum Gasteiger partial charge on any atom is 0.281 e. The lowest BCUT2D eigenvalue weighted by molar-refractivity contribution is 0.110. The third-order valence-corrected chi connectivity index (χ3v) is 5.51. The number of aromatic nitrogens is 6. The molecule has 2 N–H and O–H groups in total. The molecule has 154 valence electrons. The topological polar surface area (TPSA) is 127 Å². The molecular weight excluding hydrogens is 410 g/mol. The molecule has 1 fully saturated rings. The van der Waals surface area contributed by atoms with Crippen LogP contribution in [0.2, 0.25) is 5.02 Å². The monoisotopic (exact) mass is 427 g/mol. The van der Waals surface area contributed by atoms with Gasteiger partial charge in [0, 0.05) is 18.0 Å². The second-order valence-electron chi connectivity index (χ2n) is 7.22. The molecule has 0 spiro atoms. The summed E-state index contributed by atoms with van der Waals surface area (Å²) < 4.78 is 14.0. The molecule has 5 rings (SSSR count). The average Bonchev–Trinajstić information content (AvgIpc) is 3.46. The number of benzene rings is 1. The van der Waals surface area contributed by atoms with E-state index in [-0.39, 0.29) is 36.0 Å². The van der Waals surface area contributed by atoms with Crippen molar-refractivity contribution in [3.05, 3.63) is 63.1 Å². The Balaban J connectivity index is 1.35. The lowest BCUT2D eigenvalue weighted by Gasteiger charge is -2.09. The van der Waals surface area contributed by atoms with Gasteiger partial charge < -0.3 is 15.0 Å². The normalized spacial score (nSPS) is 19.0. The molecule has 4 heterocycles. The molecule has 30 heavy (non-hydrogen) atoms. The van der Waals surface area contributed by atoms with Gasteiger partial charge in [0.25, 0.3) is 5.56 Å². The van der Waals surface area contributed by atoms with Crippen LogP contribution in [-0.4, -0.2) is 36.1 Å². The van der Waals surface area contributed by atoms with E-state index in [1.54, 1.807) is 7.05 Å². The van der Waals surface area contributed by atoms with Crippen molar-refractivity contribution >= 4 is 28.6 Å². The van der Waals surface area contributed by atoms with Crippen molar-refractivity contribution in [1.29, 1.82) is 0 Å². The summed E-state index contributed by atoms with van der Waals surface area (Å²) in [6.45, 7) is 0.511. The van der Waals surface area contributed by atoms with Crippen LogP contribution in [0, 0.1) is 0 Å². The number of nitrogen functional groups attached to an aromatic ring is 1. The molecule has 10 nitrogen and oxygen atoms in total. The van der Waals surface area contributed by atoms with E-state index in [4.69, 9.17) is 26.6 Å². The number of rotatable bonds is 4. The maximum absolute atomic E-state index is 12.8. The van der Waals surface area contributed by atoms with Crippen LogP contribution in [0.4, 0.5) is 5.95 Å². The van der Waals surface area contributed by atoms with Crippen molar-refractivity contribution in [3.8, 4) is 0 Å². The number of halogens is 1. The van der Waals surface area contributed by atoms with Crippen molar-refractivity contribution < 1.29 is 9.26 Å². The SMILES string of the molecule is Cn1ncc2nc(N)n(Cc3nc([C@@H]4CO[C@@H](c5ccc(Cl)cc5)C4)no3)c(=O)c21. The zero-order valence-corrected chi connectivity index (χ0v) is 16.8.